The lowest BCUT2D eigenvalue weighted by Crippen LogP contribution is -2.12. The lowest BCUT2D eigenvalue weighted by molar-refractivity contribution is 0.0992. The molecule has 0 spiro atoms. The zero-order valence-electron chi connectivity index (χ0n) is 5.58. The Morgan fingerprint density at radius 3 is 3.10 bits per heavy atom. The van der Waals surface area contributed by atoms with Gasteiger partial charge in [0.1, 0.15) is 6.73 Å². The SMILES string of the molecule is c1ccc2c(c1)COC[N]2. The van der Waals surface area contributed by atoms with Crippen LogP contribution in [0.1, 0.15) is 5.56 Å². The first-order chi connectivity index (χ1) is 4.97. The second-order valence-corrected chi connectivity index (χ2v) is 2.26. The molecule has 1 radical (unpaired) electrons. The summed E-state index contributed by atoms with van der Waals surface area (Å²) in [5.74, 6) is 0. The zero-order chi connectivity index (χ0) is 6.81. The van der Waals surface area contributed by atoms with E-state index in [-0.39, 0.29) is 0 Å². The molecule has 0 fully saturated rings. The van der Waals surface area contributed by atoms with E-state index in [1.807, 2.05) is 24.3 Å². The zero-order valence-corrected chi connectivity index (χ0v) is 5.58. The highest BCUT2D eigenvalue weighted by Crippen LogP contribution is 2.18. The van der Waals surface area contributed by atoms with Crippen LogP contribution < -0.4 is 5.32 Å². The molecule has 0 saturated heterocycles. The molecule has 10 heavy (non-hydrogen) atoms. The van der Waals surface area contributed by atoms with Gasteiger partial charge >= 0.3 is 0 Å². The minimum absolute atomic E-state index is 0.511. The average Bonchev–Trinajstić information content (AvgIpc) is 2.05. The Hall–Kier alpha value is -1.02. The Kier molecular flexibility index (Phi) is 1.32. The van der Waals surface area contributed by atoms with Crippen molar-refractivity contribution in [3.63, 3.8) is 0 Å². The number of nitrogens with zero attached hydrogens (tertiary/aromatic N) is 1. The molecule has 2 heteroatoms. The molecule has 1 heterocycles. The molecule has 0 N–H and O–H groups in total. The molecule has 1 aromatic carbocycles. The first-order valence-corrected chi connectivity index (χ1v) is 3.30. The van der Waals surface area contributed by atoms with Gasteiger partial charge < -0.3 is 4.74 Å². The fourth-order valence-corrected chi connectivity index (χ4v) is 1.06. The quantitative estimate of drug-likeness (QED) is 0.526. The summed E-state index contributed by atoms with van der Waals surface area (Å²) in [7, 11) is 0. The van der Waals surface area contributed by atoms with Crippen molar-refractivity contribution in [2.45, 2.75) is 6.61 Å². The van der Waals surface area contributed by atoms with Crippen molar-refractivity contribution in [2.75, 3.05) is 6.73 Å². The van der Waals surface area contributed by atoms with Crippen molar-refractivity contribution in [2.24, 2.45) is 0 Å². The minimum atomic E-state index is 0.511. The summed E-state index contributed by atoms with van der Waals surface area (Å²) in [6.45, 7) is 1.22. The maximum absolute atomic E-state index is 5.13. The summed E-state index contributed by atoms with van der Waals surface area (Å²) < 4.78 is 5.13. The van der Waals surface area contributed by atoms with Gasteiger partial charge in [0, 0.05) is 5.56 Å². The van der Waals surface area contributed by atoms with Gasteiger partial charge in [0.2, 0.25) is 0 Å². The second-order valence-electron chi connectivity index (χ2n) is 2.26. The largest absolute Gasteiger partial charge is 0.355 e. The van der Waals surface area contributed by atoms with Crippen LogP contribution >= 0.6 is 0 Å². The predicted molar refractivity (Wildman–Crippen MR) is 37.9 cm³/mol. The maximum Gasteiger partial charge on any atom is 0.138 e. The first-order valence-electron chi connectivity index (χ1n) is 3.30. The number of fused-ring (bicyclic) bond motifs is 1. The Balaban J connectivity index is 2.41. The number of ether oxygens (including phenoxy) is 1. The van der Waals surface area contributed by atoms with Crippen molar-refractivity contribution in [3.8, 4) is 0 Å². The van der Waals surface area contributed by atoms with Crippen molar-refractivity contribution in [1.29, 1.82) is 0 Å². The maximum atomic E-state index is 5.13. The molecular weight excluding hydrogens is 126 g/mol. The van der Waals surface area contributed by atoms with E-state index >= 15 is 0 Å². The van der Waals surface area contributed by atoms with E-state index in [4.69, 9.17) is 4.74 Å². The minimum Gasteiger partial charge on any atom is -0.355 e. The number of benzene rings is 1. The Morgan fingerprint density at radius 1 is 1.30 bits per heavy atom. The lowest BCUT2D eigenvalue weighted by Gasteiger charge is -2.14. The summed E-state index contributed by atoms with van der Waals surface area (Å²) in [5, 5.41) is 4.17. The van der Waals surface area contributed by atoms with E-state index in [0.717, 1.165) is 5.69 Å². The molecular formula is C8H8NO. The molecule has 0 atom stereocenters. The van der Waals surface area contributed by atoms with Gasteiger partial charge in [0.25, 0.3) is 0 Å². The van der Waals surface area contributed by atoms with Gasteiger partial charge in [-0.3, -0.25) is 5.32 Å². The third-order valence-electron chi connectivity index (χ3n) is 1.58. The van der Waals surface area contributed by atoms with Gasteiger partial charge in [0.15, 0.2) is 0 Å². The van der Waals surface area contributed by atoms with Crippen LogP contribution in [-0.4, -0.2) is 6.73 Å². The molecule has 0 unspecified atom stereocenters. The van der Waals surface area contributed by atoms with Gasteiger partial charge in [-0.15, -0.1) is 0 Å². The monoisotopic (exact) mass is 134 g/mol. The van der Waals surface area contributed by atoms with E-state index in [9.17, 15) is 0 Å². The fraction of sp³-hybridized carbons (Fsp3) is 0.250. The molecule has 1 aromatic rings. The molecule has 0 amide bonds. The number of hydrogen-bond acceptors (Lipinski definition) is 1. The molecule has 2 rings (SSSR count). The van der Waals surface area contributed by atoms with Crippen molar-refractivity contribution >= 4 is 5.69 Å². The van der Waals surface area contributed by atoms with E-state index in [1.165, 1.54) is 5.56 Å². The van der Waals surface area contributed by atoms with Crippen LogP contribution in [0.15, 0.2) is 24.3 Å². The Morgan fingerprint density at radius 2 is 2.20 bits per heavy atom. The average molecular weight is 134 g/mol. The highest BCUT2D eigenvalue weighted by atomic mass is 16.5. The molecule has 0 aromatic heterocycles. The Bertz CT molecular complexity index is 209. The smallest absolute Gasteiger partial charge is 0.138 e. The third-order valence-corrected chi connectivity index (χ3v) is 1.58. The molecule has 1 aliphatic rings. The van der Waals surface area contributed by atoms with Crippen molar-refractivity contribution in [3.05, 3.63) is 29.8 Å². The lowest BCUT2D eigenvalue weighted by atomic mass is 10.2. The third kappa shape index (κ3) is 0.866. The highest BCUT2D eigenvalue weighted by Gasteiger charge is 2.06. The number of rotatable bonds is 0. The van der Waals surface area contributed by atoms with Crippen LogP contribution in [-0.2, 0) is 11.3 Å². The second kappa shape index (κ2) is 2.31. The normalized spacial score (nSPS) is 15.6. The van der Waals surface area contributed by atoms with Gasteiger partial charge in [-0.05, 0) is 6.07 Å². The highest BCUT2D eigenvalue weighted by molar-refractivity contribution is 5.44. The van der Waals surface area contributed by atoms with Gasteiger partial charge in [0.05, 0.1) is 12.3 Å². The van der Waals surface area contributed by atoms with Crippen LogP contribution in [0.5, 0.6) is 0 Å². The van der Waals surface area contributed by atoms with Gasteiger partial charge in [-0.25, -0.2) is 0 Å². The van der Waals surface area contributed by atoms with Crippen LogP contribution in [0, 0.1) is 0 Å². The summed E-state index contributed by atoms with van der Waals surface area (Å²) in [6.07, 6.45) is 0. The van der Waals surface area contributed by atoms with Crippen LogP contribution in [0.4, 0.5) is 5.69 Å². The standard InChI is InChI=1S/C8H8NO/c1-2-4-8-7(3-1)5-10-6-9-8/h1-4H,5-6H2. The van der Waals surface area contributed by atoms with Crippen molar-refractivity contribution in [1.82, 2.24) is 5.32 Å². The summed E-state index contributed by atoms with van der Waals surface area (Å²) in [4.78, 5) is 0. The van der Waals surface area contributed by atoms with Gasteiger partial charge in [-0.1, -0.05) is 18.2 Å². The van der Waals surface area contributed by atoms with Crippen molar-refractivity contribution < 1.29 is 4.74 Å². The molecule has 0 aliphatic carbocycles. The van der Waals surface area contributed by atoms with Crippen LogP contribution in [0.3, 0.4) is 0 Å². The summed E-state index contributed by atoms with van der Waals surface area (Å²) in [5.41, 5.74) is 2.27. The van der Waals surface area contributed by atoms with Crippen LogP contribution in [0.2, 0.25) is 0 Å². The van der Waals surface area contributed by atoms with E-state index in [1.54, 1.807) is 0 Å². The predicted octanol–water partition coefficient (Wildman–Crippen LogP) is 1.41. The summed E-state index contributed by atoms with van der Waals surface area (Å²) in [6, 6.07) is 8.05. The first kappa shape index (κ1) is 5.74. The molecule has 2 nitrogen and oxygen atoms in total. The fourth-order valence-electron chi connectivity index (χ4n) is 1.06. The Labute approximate surface area is 59.8 Å². The summed E-state index contributed by atoms with van der Waals surface area (Å²) >= 11 is 0. The molecule has 1 aliphatic heterocycles. The van der Waals surface area contributed by atoms with E-state index in [0.29, 0.717) is 13.3 Å². The van der Waals surface area contributed by atoms with Gasteiger partial charge in [-0.2, -0.15) is 0 Å². The van der Waals surface area contributed by atoms with Crippen LogP contribution in [0.25, 0.3) is 0 Å². The molecule has 0 saturated carbocycles. The van der Waals surface area contributed by atoms with E-state index < -0.39 is 0 Å². The molecule has 51 valence electrons. The topological polar surface area (TPSA) is 23.3 Å². The van der Waals surface area contributed by atoms with E-state index in [2.05, 4.69) is 5.32 Å². The number of para-hydroxylation sites is 1. The number of hydrogen-bond donors (Lipinski definition) is 0. The molecule has 0 bridgehead atoms.